The molecule has 0 bridgehead atoms. The third-order valence-corrected chi connectivity index (χ3v) is 2.90. The van der Waals surface area contributed by atoms with E-state index in [0.717, 1.165) is 11.4 Å². The van der Waals surface area contributed by atoms with Crippen molar-refractivity contribution >= 4 is 11.6 Å². The molecule has 0 spiro atoms. The average Bonchev–Trinajstić information content (AvgIpc) is 2.82. The van der Waals surface area contributed by atoms with E-state index in [1.165, 1.54) is 6.92 Å². The van der Waals surface area contributed by atoms with Crippen molar-refractivity contribution in [1.82, 2.24) is 15.0 Å². The van der Waals surface area contributed by atoms with Gasteiger partial charge in [-0.1, -0.05) is 32.1 Å². The monoisotopic (exact) mass is 283 g/mol. The molecule has 0 saturated carbocycles. The zero-order valence-electron chi connectivity index (χ0n) is 12.5. The highest BCUT2D eigenvalue weighted by molar-refractivity contribution is 5.88. The van der Waals surface area contributed by atoms with E-state index in [0.29, 0.717) is 11.4 Å². The van der Waals surface area contributed by atoms with Crippen molar-refractivity contribution in [3.63, 3.8) is 0 Å². The maximum absolute atomic E-state index is 11.1. The van der Waals surface area contributed by atoms with Gasteiger partial charge in [-0.3, -0.25) is 4.79 Å². The normalized spacial score (nSPS) is 11.0. The molecule has 0 saturated heterocycles. The Labute approximate surface area is 123 Å². The fraction of sp³-hybridized carbons (Fsp3) is 0.333. The van der Waals surface area contributed by atoms with Crippen LogP contribution in [0.2, 0.25) is 0 Å². The maximum atomic E-state index is 11.1. The Kier molecular flexibility index (Phi) is 3.76. The molecule has 0 aliphatic carbocycles. The predicted octanol–water partition coefficient (Wildman–Crippen LogP) is 2.39. The SMILES string of the molecule is CC(=O)Nc1cccc(-n2nnc(C#N)c2C(C)(C)C)c1. The van der Waals surface area contributed by atoms with Crippen LogP contribution in [0.4, 0.5) is 5.69 Å². The van der Waals surface area contributed by atoms with E-state index < -0.39 is 0 Å². The number of anilines is 1. The van der Waals surface area contributed by atoms with Crippen LogP contribution in [0, 0.1) is 11.3 Å². The third kappa shape index (κ3) is 3.08. The zero-order valence-corrected chi connectivity index (χ0v) is 12.5. The molecule has 6 heteroatoms. The number of amides is 1. The van der Waals surface area contributed by atoms with Gasteiger partial charge in [0.1, 0.15) is 6.07 Å². The highest BCUT2D eigenvalue weighted by atomic mass is 16.1. The van der Waals surface area contributed by atoms with Crippen LogP contribution in [0.15, 0.2) is 24.3 Å². The van der Waals surface area contributed by atoms with Gasteiger partial charge in [0.05, 0.1) is 11.4 Å². The third-order valence-electron chi connectivity index (χ3n) is 2.90. The molecular weight excluding hydrogens is 266 g/mol. The summed E-state index contributed by atoms with van der Waals surface area (Å²) in [6.45, 7) is 7.46. The number of benzene rings is 1. The fourth-order valence-corrected chi connectivity index (χ4v) is 2.13. The summed E-state index contributed by atoms with van der Waals surface area (Å²) in [5.74, 6) is -0.139. The molecule has 108 valence electrons. The van der Waals surface area contributed by atoms with Crippen molar-refractivity contribution in [1.29, 1.82) is 5.26 Å². The minimum absolute atomic E-state index is 0.139. The van der Waals surface area contributed by atoms with Crippen LogP contribution >= 0.6 is 0 Å². The summed E-state index contributed by atoms with van der Waals surface area (Å²) >= 11 is 0. The smallest absolute Gasteiger partial charge is 0.221 e. The van der Waals surface area contributed by atoms with E-state index in [2.05, 4.69) is 21.7 Å². The molecule has 1 N–H and O–H groups in total. The van der Waals surface area contributed by atoms with E-state index in [9.17, 15) is 10.1 Å². The number of nitrogens with one attached hydrogen (secondary N) is 1. The van der Waals surface area contributed by atoms with Crippen LogP contribution in [0.3, 0.4) is 0 Å². The molecule has 2 rings (SSSR count). The molecule has 2 aromatic rings. The Morgan fingerprint density at radius 1 is 1.38 bits per heavy atom. The fourth-order valence-electron chi connectivity index (χ4n) is 2.13. The van der Waals surface area contributed by atoms with E-state index in [4.69, 9.17) is 0 Å². The Hall–Kier alpha value is -2.68. The summed E-state index contributed by atoms with van der Waals surface area (Å²) in [4.78, 5) is 11.1. The van der Waals surface area contributed by atoms with Gasteiger partial charge in [0.2, 0.25) is 5.91 Å². The highest BCUT2D eigenvalue weighted by Gasteiger charge is 2.26. The lowest BCUT2D eigenvalue weighted by Gasteiger charge is -2.20. The molecule has 0 aliphatic heterocycles. The van der Waals surface area contributed by atoms with Crippen molar-refractivity contribution in [3.8, 4) is 11.8 Å². The van der Waals surface area contributed by atoms with Gasteiger partial charge in [0.15, 0.2) is 5.69 Å². The number of nitriles is 1. The highest BCUT2D eigenvalue weighted by Crippen LogP contribution is 2.27. The molecule has 6 nitrogen and oxygen atoms in total. The first-order chi connectivity index (χ1) is 9.82. The van der Waals surface area contributed by atoms with E-state index in [1.54, 1.807) is 16.8 Å². The van der Waals surface area contributed by atoms with Crippen molar-refractivity contribution in [2.75, 3.05) is 5.32 Å². The van der Waals surface area contributed by atoms with Crippen LogP contribution in [0.25, 0.3) is 5.69 Å². The second-order valence-corrected chi connectivity index (χ2v) is 5.79. The molecular formula is C15H17N5O. The van der Waals surface area contributed by atoms with Gasteiger partial charge in [-0.2, -0.15) is 5.26 Å². The summed E-state index contributed by atoms with van der Waals surface area (Å²) in [5.41, 5.74) is 2.20. The largest absolute Gasteiger partial charge is 0.326 e. The Balaban J connectivity index is 2.55. The molecule has 0 fully saturated rings. The maximum Gasteiger partial charge on any atom is 0.221 e. The molecule has 1 aromatic heterocycles. The lowest BCUT2D eigenvalue weighted by molar-refractivity contribution is -0.114. The van der Waals surface area contributed by atoms with Crippen molar-refractivity contribution in [2.45, 2.75) is 33.1 Å². The van der Waals surface area contributed by atoms with E-state index in [-0.39, 0.29) is 11.3 Å². The molecule has 0 radical (unpaired) electrons. The zero-order chi connectivity index (χ0) is 15.6. The van der Waals surface area contributed by atoms with Crippen molar-refractivity contribution in [3.05, 3.63) is 35.7 Å². The first-order valence-electron chi connectivity index (χ1n) is 6.57. The Bertz CT molecular complexity index is 718. The van der Waals surface area contributed by atoms with Gasteiger partial charge in [-0.25, -0.2) is 4.68 Å². The lowest BCUT2D eigenvalue weighted by Crippen LogP contribution is -2.19. The first kappa shape index (κ1) is 14.7. The molecule has 21 heavy (non-hydrogen) atoms. The molecule has 1 heterocycles. The predicted molar refractivity (Wildman–Crippen MR) is 79.1 cm³/mol. The van der Waals surface area contributed by atoms with Crippen LogP contribution in [0.5, 0.6) is 0 Å². The van der Waals surface area contributed by atoms with E-state index >= 15 is 0 Å². The Morgan fingerprint density at radius 3 is 2.67 bits per heavy atom. The summed E-state index contributed by atoms with van der Waals surface area (Å²) in [7, 11) is 0. The number of carbonyl (C=O) groups excluding carboxylic acids is 1. The van der Waals surface area contributed by atoms with Gasteiger partial charge in [0, 0.05) is 18.0 Å². The number of aromatic nitrogens is 3. The standard InChI is InChI=1S/C15H17N5O/c1-10(21)17-11-6-5-7-12(8-11)20-14(15(2,3)4)13(9-16)18-19-20/h5-8H,1-4H3,(H,17,21). The van der Waals surface area contributed by atoms with Gasteiger partial charge in [-0.15, -0.1) is 5.10 Å². The average molecular weight is 283 g/mol. The summed E-state index contributed by atoms with van der Waals surface area (Å²) < 4.78 is 1.64. The number of rotatable bonds is 2. The number of hydrogen-bond acceptors (Lipinski definition) is 4. The first-order valence-corrected chi connectivity index (χ1v) is 6.57. The topological polar surface area (TPSA) is 83.6 Å². The summed E-state index contributed by atoms with van der Waals surface area (Å²) in [6, 6.07) is 9.35. The number of hydrogen-bond donors (Lipinski definition) is 1. The summed E-state index contributed by atoms with van der Waals surface area (Å²) in [5, 5.41) is 19.9. The number of nitrogens with zero attached hydrogens (tertiary/aromatic N) is 4. The van der Waals surface area contributed by atoms with Gasteiger partial charge >= 0.3 is 0 Å². The van der Waals surface area contributed by atoms with E-state index in [1.807, 2.05) is 32.9 Å². The minimum Gasteiger partial charge on any atom is -0.326 e. The van der Waals surface area contributed by atoms with Crippen LogP contribution in [-0.4, -0.2) is 20.9 Å². The van der Waals surface area contributed by atoms with Crippen LogP contribution < -0.4 is 5.32 Å². The van der Waals surface area contributed by atoms with Crippen LogP contribution in [0.1, 0.15) is 39.1 Å². The molecule has 1 aromatic carbocycles. The lowest BCUT2D eigenvalue weighted by atomic mass is 9.90. The second-order valence-electron chi connectivity index (χ2n) is 5.79. The van der Waals surface area contributed by atoms with Crippen molar-refractivity contribution < 1.29 is 4.79 Å². The van der Waals surface area contributed by atoms with Crippen molar-refractivity contribution in [2.24, 2.45) is 0 Å². The minimum atomic E-state index is -0.279. The van der Waals surface area contributed by atoms with Gasteiger partial charge < -0.3 is 5.32 Å². The second kappa shape index (κ2) is 5.37. The summed E-state index contributed by atoms with van der Waals surface area (Å²) in [6.07, 6.45) is 0. The molecule has 0 atom stereocenters. The Morgan fingerprint density at radius 2 is 2.10 bits per heavy atom. The molecule has 0 unspecified atom stereocenters. The van der Waals surface area contributed by atoms with Crippen LogP contribution in [-0.2, 0) is 10.2 Å². The number of carbonyl (C=O) groups is 1. The molecule has 1 amide bonds. The van der Waals surface area contributed by atoms with Gasteiger partial charge in [0.25, 0.3) is 0 Å². The molecule has 0 aliphatic rings. The van der Waals surface area contributed by atoms with Gasteiger partial charge in [-0.05, 0) is 18.2 Å². The quantitative estimate of drug-likeness (QED) is 0.917.